The number of nitrogens with two attached hydrogens (primary N) is 1. The Labute approximate surface area is 101 Å². The molecule has 1 aromatic rings. The highest BCUT2D eigenvalue weighted by molar-refractivity contribution is 5.47. The van der Waals surface area contributed by atoms with Crippen LogP contribution in [-0.2, 0) is 9.47 Å². The second-order valence-electron chi connectivity index (χ2n) is 4.03. The standard InChI is InChI=1S/C12H19FN2O2/c1-12(8-14,11(16-2)17-3)15-10-7-5-4-6-9(10)13/h4-7,11,15H,8,14H2,1-3H3. The fourth-order valence-corrected chi connectivity index (χ4v) is 1.69. The highest BCUT2D eigenvalue weighted by Gasteiger charge is 2.34. The fraction of sp³-hybridized carbons (Fsp3) is 0.500. The molecule has 0 heterocycles. The normalized spacial score (nSPS) is 14.7. The number of halogens is 1. The molecule has 17 heavy (non-hydrogen) atoms. The predicted octanol–water partition coefficient (Wildman–Crippen LogP) is 1.57. The quantitative estimate of drug-likeness (QED) is 0.743. The lowest BCUT2D eigenvalue weighted by Crippen LogP contribution is -2.54. The van der Waals surface area contributed by atoms with Gasteiger partial charge in [0.15, 0.2) is 6.29 Å². The molecule has 1 aromatic carbocycles. The molecule has 5 heteroatoms. The van der Waals surface area contributed by atoms with Crippen molar-refractivity contribution in [1.82, 2.24) is 0 Å². The summed E-state index contributed by atoms with van der Waals surface area (Å²) >= 11 is 0. The SMILES string of the molecule is COC(OC)C(C)(CN)Nc1ccccc1F. The van der Waals surface area contributed by atoms with Crippen LogP contribution in [0.1, 0.15) is 6.92 Å². The maximum absolute atomic E-state index is 13.5. The largest absolute Gasteiger partial charge is 0.371 e. The molecule has 0 fully saturated rings. The monoisotopic (exact) mass is 242 g/mol. The minimum atomic E-state index is -0.703. The first-order valence-corrected chi connectivity index (χ1v) is 5.35. The molecule has 0 radical (unpaired) electrons. The average Bonchev–Trinajstić information content (AvgIpc) is 2.33. The van der Waals surface area contributed by atoms with Crippen LogP contribution < -0.4 is 11.1 Å². The van der Waals surface area contributed by atoms with Crippen LogP contribution >= 0.6 is 0 Å². The summed E-state index contributed by atoms with van der Waals surface area (Å²) in [6.45, 7) is 2.06. The highest BCUT2D eigenvalue weighted by Crippen LogP contribution is 2.22. The summed E-state index contributed by atoms with van der Waals surface area (Å²) in [4.78, 5) is 0. The van der Waals surface area contributed by atoms with Crippen LogP contribution in [0, 0.1) is 5.82 Å². The van der Waals surface area contributed by atoms with E-state index in [9.17, 15) is 4.39 Å². The highest BCUT2D eigenvalue weighted by atomic mass is 19.1. The van der Waals surface area contributed by atoms with E-state index in [4.69, 9.17) is 15.2 Å². The molecule has 4 nitrogen and oxygen atoms in total. The Morgan fingerprint density at radius 3 is 2.41 bits per heavy atom. The van der Waals surface area contributed by atoms with Gasteiger partial charge in [0, 0.05) is 20.8 Å². The van der Waals surface area contributed by atoms with Gasteiger partial charge in [0.05, 0.1) is 11.2 Å². The summed E-state index contributed by atoms with van der Waals surface area (Å²) < 4.78 is 23.9. The number of ether oxygens (including phenoxy) is 2. The Morgan fingerprint density at radius 1 is 1.35 bits per heavy atom. The van der Waals surface area contributed by atoms with E-state index in [0.717, 1.165) is 0 Å². The van der Waals surface area contributed by atoms with Crippen molar-refractivity contribution in [1.29, 1.82) is 0 Å². The van der Waals surface area contributed by atoms with Crippen molar-refractivity contribution < 1.29 is 13.9 Å². The molecular weight excluding hydrogens is 223 g/mol. The van der Waals surface area contributed by atoms with E-state index in [0.29, 0.717) is 5.69 Å². The lowest BCUT2D eigenvalue weighted by Gasteiger charge is -2.36. The van der Waals surface area contributed by atoms with Gasteiger partial charge in [0.2, 0.25) is 0 Å². The zero-order valence-corrected chi connectivity index (χ0v) is 10.4. The molecule has 0 bridgehead atoms. The van der Waals surface area contributed by atoms with Gasteiger partial charge in [-0.3, -0.25) is 0 Å². The molecule has 0 aromatic heterocycles. The van der Waals surface area contributed by atoms with Gasteiger partial charge < -0.3 is 20.5 Å². The van der Waals surface area contributed by atoms with Gasteiger partial charge in [-0.1, -0.05) is 12.1 Å². The lowest BCUT2D eigenvalue weighted by atomic mass is 10.0. The van der Waals surface area contributed by atoms with Crippen LogP contribution in [0.15, 0.2) is 24.3 Å². The molecular formula is C12H19FN2O2. The Morgan fingerprint density at radius 2 is 1.94 bits per heavy atom. The summed E-state index contributed by atoms with van der Waals surface area (Å²) in [6.07, 6.45) is -0.563. The average molecular weight is 242 g/mol. The first-order chi connectivity index (χ1) is 8.07. The number of para-hydroxylation sites is 1. The topological polar surface area (TPSA) is 56.5 Å². The Bertz CT molecular complexity index is 358. The number of rotatable bonds is 6. The van der Waals surface area contributed by atoms with E-state index in [1.165, 1.54) is 20.3 Å². The first kappa shape index (κ1) is 13.9. The molecule has 1 atom stereocenters. The number of hydrogen-bond acceptors (Lipinski definition) is 4. The van der Waals surface area contributed by atoms with Crippen molar-refractivity contribution in [2.24, 2.45) is 5.73 Å². The second kappa shape index (κ2) is 5.95. The van der Waals surface area contributed by atoms with Crippen LogP contribution in [0.2, 0.25) is 0 Å². The van der Waals surface area contributed by atoms with Crippen LogP contribution in [0.25, 0.3) is 0 Å². The molecule has 1 unspecified atom stereocenters. The molecule has 0 aliphatic heterocycles. The van der Waals surface area contributed by atoms with Gasteiger partial charge in [-0.05, 0) is 19.1 Å². The third-order valence-electron chi connectivity index (χ3n) is 2.67. The molecule has 0 saturated carbocycles. The lowest BCUT2D eigenvalue weighted by molar-refractivity contribution is -0.134. The zero-order valence-electron chi connectivity index (χ0n) is 10.4. The van der Waals surface area contributed by atoms with Crippen LogP contribution in [0.3, 0.4) is 0 Å². The fourth-order valence-electron chi connectivity index (χ4n) is 1.69. The summed E-state index contributed by atoms with van der Waals surface area (Å²) in [6, 6.07) is 6.40. The van der Waals surface area contributed by atoms with E-state index < -0.39 is 11.8 Å². The van der Waals surface area contributed by atoms with Gasteiger partial charge in [-0.15, -0.1) is 0 Å². The third-order valence-corrected chi connectivity index (χ3v) is 2.67. The molecule has 0 spiro atoms. The molecule has 1 rings (SSSR count). The smallest absolute Gasteiger partial charge is 0.180 e. The Kier molecular flexibility index (Phi) is 4.86. The minimum Gasteiger partial charge on any atom is -0.371 e. The minimum absolute atomic E-state index is 0.244. The Hall–Kier alpha value is -1.17. The van der Waals surface area contributed by atoms with E-state index in [-0.39, 0.29) is 12.4 Å². The number of hydrogen-bond donors (Lipinski definition) is 2. The van der Waals surface area contributed by atoms with Crippen molar-refractivity contribution in [3.63, 3.8) is 0 Å². The van der Waals surface area contributed by atoms with Crippen molar-refractivity contribution in [2.75, 3.05) is 26.1 Å². The van der Waals surface area contributed by atoms with Gasteiger partial charge in [-0.25, -0.2) is 4.39 Å². The zero-order chi connectivity index (χ0) is 12.9. The van der Waals surface area contributed by atoms with E-state index in [2.05, 4.69) is 5.32 Å². The summed E-state index contributed by atoms with van der Waals surface area (Å²) in [5.74, 6) is -0.335. The predicted molar refractivity (Wildman–Crippen MR) is 65.3 cm³/mol. The van der Waals surface area contributed by atoms with Gasteiger partial charge >= 0.3 is 0 Å². The molecule has 0 amide bonds. The van der Waals surface area contributed by atoms with Crippen molar-refractivity contribution >= 4 is 5.69 Å². The summed E-state index contributed by atoms with van der Waals surface area (Å²) in [5.41, 5.74) is 5.38. The molecule has 96 valence electrons. The maximum atomic E-state index is 13.5. The molecule has 0 aliphatic carbocycles. The van der Waals surface area contributed by atoms with E-state index in [1.54, 1.807) is 18.2 Å². The van der Waals surface area contributed by atoms with Crippen LogP contribution in [-0.4, -0.2) is 32.6 Å². The van der Waals surface area contributed by atoms with E-state index in [1.807, 2.05) is 6.92 Å². The first-order valence-electron chi connectivity index (χ1n) is 5.35. The summed E-state index contributed by atoms with van der Waals surface area (Å²) in [5, 5.41) is 3.03. The maximum Gasteiger partial charge on any atom is 0.180 e. The summed E-state index contributed by atoms with van der Waals surface area (Å²) in [7, 11) is 3.04. The number of benzene rings is 1. The Balaban J connectivity index is 2.92. The third kappa shape index (κ3) is 3.15. The van der Waals surface area contributed by atoms with Crippen molar-refractivity contribution in [3.05, 3.63) is 30.1 Å². The molecule has 0 aliphatic rings. The molecule has 0 saturated heterocycles. The van der Waals surface area contributed by atoms with E-state index >= 15 is 0 Å². The molecule has 3 N–H and O–H groups in total. The van der Waals surface area contributed by atoms with Gasteiger partial charge in [0.1, 0.15) is 5.82 Å². The van der Waals surface area contributed by atoms with Crippen molar-refractivity contribution in [3.8, 4) is 0 Å². The number of anilines is 1. The second-order valence-corrected chi connectivity index (χ2v) is 4.03. The van der Waals surface area contributed by atoms with Crippen LogP contribution in [0.4, 0.5) is 10.1 Å². The van der Waals surface area contributed by atoms with Gasteiger partial charge in [0.25, 0.3) is 0 Å². The number of methoxy groups -OCH3 is 2. The van der Waals surface area contributed by atoms with Crippen LogP contribution in [0.5, 0.6) is 0 Å². The van der Waals surface area contributed by atoms with Crippen molar-refractivity contribution in [2.45, 2.75) is 18.8 Å². The van der Waals surface area contributed by atoms with Gasteiger partial charge in [-0.2, -0.15) is 0 Å². The number of nitrogens with one attached hydrogen (secondary N) is 1.